The molecule has 1 atom stereocenters. The van der Waals surface area contributed by atoms with Crippen molar-refractivity contribution in [1.29, 1.82) is 0 Å². The monoisotopic (exact) mass is 792 g/mol. The lowest BCUT2D eigenvalue weighted by atomic mass is 10.0. The summed E-state index contributed by atoms with van der Waals surface area (Å²) in [7, 11) is -5.15. The number of hydrogen-bond donors (Lipinski definition) is 1. The molecular weight excluding hydrogens is 757 g/mol. The molecule has 0 aliphatic heterocycles. The van der Waals surface area contributed by atoms with Gasteiger partial charge in [0.1, 0.15) is 10.3 Å². The zero-order valence-electron chi connectivity index (χ0n) is 26.5. The molecule has 1 unspecified atom stereocenters. The van der Waals surface area contributed by atoms with E-state index in [0.29, 0.717) is 44.7 Å². The van der Waals surface area contributed by atoms with Crippen LogP contribution < -0.4 is 4.72 Å². The minimum absolute atomic E-state index is 0.180. The first kappa shape index (κ1) is 37.9. The second-order valence-electron chi connectivity index (χ2n) is 12.7. The molecule has 16 heteroatoms. The number of sulfonamides is 2. The average Bonchev–Trinajstić information content (AvgIpc) is 3.69. The SMILES string of the molecule is CC1(N(CCOP)S(=O)(=O)c2ccc3c(Cl)cnc(Cl)c3c2)CCCC1.CC1(NS(=O)(=O)c2ccc3c(Cl)cnc(Cl)c3c2)CCCC1. The van der Waals surface area contributed by atoms with Gasteiger partial charge in [0.2, 0.25) is 20.0 Å². The number of benzene rings is 2. The molecule has 48 heavy (non-hydrogen) atoms. The third-order valence-electron chi connectivity index (χ3n) is 9.20. The van der Waals surface area contributed by atoms with E-state index in [1.807, 2.05) is 13.8 Å². The molecule has 4 aromatic rings. The number of rotatable bonds is 9. The van der Waals surface area contributed by atoms with E-state index in [1.165, 1.54) is 18.5 Å². The summed E-state index contributed by atoms with van der Waals surface area (Å²) in [4.78, 5) is 8.35. The highest BCUT2D eigenvalue weighted by atomic mass is 35.5. The van der Waals surface area contributed by atoms with Crippen LogP contribution in [0.5, 0.6) is 0 Å². The first-order chi connectivity index (χ1) is 22.6. The Morgan fingerprint density at radius 3 is 1.77 bits per heavy atom. The molecule has 0 radical (unpaired) electrons. The molecule has 2 aliphatic carbocycles. The van der Waals surface area contributed by atoms with Gasteiger partial charge in [-0.25, -0.2) is 31.5 Å². The summed E-state index contributed by atoms with van der Waals surface area (Å²) in [6, 6.07) is 9.55. The Balaban J connectivity index is 0.000000190. The van der Waals surface area contributed by atoms with E-state index in [9.17, 15) is 16.8 Å². The summed E-state index contributed by atoms with van der Waals surface area (Å²) in [6.07, 6.45) is 10.4. The highest BCUT2D eigenvalue weighted by Crippen LogP contribution is 2.39. The fraction of sp³-hybridized carbons (Fsp3) is 0.438. The van der Waals surface area contributed by atoms with Crippen molar-refractivity contribution < 1.29 is 21.4 Å². The molecule has 9 nitrogen and oxygen atoms in total. The molecule has 0 bridgehead atoms. The van der Waals surface area contributed by atoms with E-state index in [1.54, 1.807) is 34.6 Å². The lowest BCUT2D eigenvalue weighted by Crippen LogP contribution is -2.49. The van der Waals surface area contributed by atoms with Gasteiger partial charge in [-0.15, -0.1) is 0 Å². The van der Waals surface area contributed by atoms with Gasteiger partial charge in [-0.05, 0) is 63.8 Å². The first-order valence-corrected chi connectivity index (χ1v) is 20.4. The number of pyridine rings is 2. The molecule has 0 amide bonds. The maximum atomic E-state index is 13.4. The van der Waals surface area contributed by atoms with Crippen molar-refractivity contribution in [2.45, 2.75) is 86.1 Å². The Bertz CT molecular complexity index is 2040. The van der Waals surface area contributed by atoms with Crippen molar-refractivity contribution in [3.05, 3.63) is 69.1 Å². The summed E-state index contributed by atoms with van der Waals surface area (Å²) in [5.41, 5.74) is -0.780. The molecule has 1 N–H and O–H groups in total. The number of fused-ring (bicyclic) bond motifs is 2. The van der Waals surface area contributed by atoms with Gasteiger partial charge in [0.05, 0.1) is 26.4 Å². The van der Waals surface area contributed by atoms with Crippen molar-refractivity contribution in [2.75, 3.05) is 13.2 Å². The van der Waals surface area contributed by atoms with Crippen LogP contribution in [-0.4, -0.2) is 55.3 Å². The smallest absolute Gasteiger partial charge is 0.243 e. The van der Waals surface area contributed by atoms with Crippen LogP contribution in [0.3, 0.4) is 0 Å². The van der Waals surface area contributed by atoms with Gasteiger partial charge in [-0.2, -0.15) is 4.31 Å². The quantitative estimate of drug-likeness (QED) is 0.133. The molecule has 6 rings (SSSR count). The first-order valence-electron chi connectivity index (χ1n) is 15.5. The minimum Gasteiger partial charge on any atom is -0.364 e. The van der Waals surface area contributed by atoms with Gasteiger partial charge >= 0.3 is 0 Å². The predicted octanol–water partition coefficient (Wildman–Crippen LogP) is 8.82. The Kier molecular flexibility index (Phi) is 11.9. The molecule has 2 aromatic carbocycles. The third-order valence-corrected chi connectivity index (χ3v) is 14.3. The number of hydrogen-bond acceptors (Lipinski definition) is 7. The van der Waals surface area contributed by atoms with Crippen LogP contribution in [0.4, 0.5) is 0 Å². The molecule has 2 aliphatic rings. The van der Waals surface area contributed by atoms with E-state index >= 15 is 0 Å². The third kappa shape index (κ3) is 8.07. The Morgan fingerprint density at radius 2 is 1.25 bits per heavy atom. The summed E-state index contributed by atoms with van der Waals surface area (Å²) < 4.78 is 61.6. The Morgan fingerprint density at radius 1 is 0.771 bits per heavy atom. The zero-order valence-corrected chi connectivity index (χ0v) is 32.3. The molecular formula is C32H37Cl4N4O5PS2. The topological polar surface area (TPSA) is 119 Å². The van der Waals surface area contributed by atoms with Gasteiger partial charge in [0, 0.05) is 61.0 Å². The Labute approximate surface area is 304 Å². The van der Waals surface area contributed by atoms with E-state index in [0.717, 1.165) is 51.4 Å². The van der Waals surface area contributed by atoms with Crippen LogP contribution in [-0.2, 0) is 24.6 Å². The number of nitrogens with zero attached hydrogens (tertiary/aromatic N) is 3. The molecule has 0 spiro atoms. The lowest BCUT2D eigenvalue weighted by Gasteiger charge is -2.37. The molecule has 260 valence electrons. The van der Waals surface area contributed by atoms with E-state index < -0.39 is 25.6 Å². The maximum absolute atomic E-state index is 13.4. The summed E-state index contributed by atoms with van der Waals surface area (Å²) in [6.45, 7) is 4.56. The number of aromatic nitrogens is 2. The van der Waals surface area contributed by atoms with Crippen LogP contribution in [0.1, 0.15) is 65.2 Å². The van der Waals surface area contributed by atoms with Crippen molar-refractivity contribution in [3.63, 3.8) is 0 Å². The van der Waals surface area contributed by atoms with Gasteiger partial charge in [-0.3, -0.25) is 0 Å². The van der Waals surface area contributed by atoms with Crippen molar-refractivity contribution in [3.8, 4) is 0 Å². The fourth-order valence-corrected chi connectivity index (χ4v) is 10.9. The molecule has 2 heterocycles. The summed E-state index contributed by atoms with van der Waals surface area (Å²) in [5, 5.41) is 3.78. The molecule has 2 saturated carbocycles. The largest absolute Gasteiger partial charge is 0.364 e. The van der Waals surface area contributed by atoms with Crippen LogP contribution >= 0.6 is 55.9 Å². The maximum Gasteiger partial charge on any atom is 0.243 e. The van der Waals surface area contributed by atoms with Crippen LogP contribution in [0, 0.1) is 0 Å². The summed E-state index contributed by atoms with van der Waals surface area (Å²) >= 11 is 24.5. The second-order valence-corrected chi connectivity index (χ2v) is 18.1. The normalized spacial score (nSPS) is 17.6. The molecule has 0 saturated heterocycles. The predicted molar refractivity (Wildman–Crippen MR) is 197 cm³/mol. The van der Waals surface area contributed by atoms with E-state index in [-0.39, 0.29) is 25.6 Å². The van der Waals surface area contributed by atoms with Crippen molar-refractivity contribution in [1.82, 2.24) is 19.0 Å². The lowest BCUT2D eigenvalue weighted by molar-refractivity contribution is 0.185. The highest BCUT2D eigenvalue weighted by molar-refractivity contribution is 7.89. The van der Waals surface area contributed by atoms with Crippen LogP contribution in [0.15, 0.2) is 58.6 Å². The van der Waals surface area contributed by atoms with Gasteiger partial charge < -0.3 is 4.52 Å². The standard InChI is InChI=1S/C17H21Cl2N2O3PS.C15H16Cl2N2O2S/c1-17(6-2-3-7-17)21(8-9-24-25)26(22,23)12-4-5-13-14(10-12)16(19)20-11-15(13)18;1-15(6-2-3-7-15)19-22(20,21)10-4-5-11-12(8-10)14(17)18-9-13(11)16/h4-5,10-11H,2-3,6-9,25H2,1H3;4-5,8-9,19H,2-3,6-7H2,1H3. The van der Waals surface area contributed by atoms with Gasteiger partial charge in [-0.1, -0.05) is 84.2 Å². The zero-order chi connectivity index (χ0) is 34.9. The van der Waals surface area contributed by atoms with E-state index in [4.69, 9.17) is 50.9 Å². The number of halogens is 4. The van der Waals surface area contributed by atoms with Crippen molar-refractivity contribution >= 4 is 97.5 Å². The van der Waals surface area contributed by atoms with Crippen LogP contribution in [0.2, 0.25) is 20.4 Å². The van der Waals surface area contributed by atoms with E-state index in [2.05, 4.69) is 24.2 Å². The molecule has 2 aromatic heterocycles. The van der Waals surface area contributed by atoms with Gasteiger partial charge in [0.25, 0.3) is 0 Å². The van der Waals surface area contributed by atoms with Crippen LogP contribution in [0.25, 0.3) is 21.5 Å². The Hall–Kier alpha value is -1.37. The number of nitrogens with one attached hydrogen (secondary N) is 1. The molecule has 2 fully saturated rings. The fourth-order valence-electron chi connectivity index (χ4n) is 6.61. The average molecular weight is 795 g/mol. The highest BCUT2D eigenvalue weighted by Gasteiger charge is 2.42. The second kappa shape index (κ2) is 15.1. The van der Waals surface area contributed by atoms with Crippen molar-refractivity contribution in [2.24, 2.45) is 0 Å². The van der Waals surface area contributed by atoms with Gasteiger partial charge in [0.15, 0.2) is 0 Å². The minimum atomic E-state index is -3.72. The summed E-state index contributed by atoms with van der Waals surface area (Å²) in [5.74, 6) is 0.